The molecule has 100 valence electrons. The second-order valence-corrected chi connectivity index (χ2v) is 3.99. The minimum absolute atomic E-state index is 0.0575. The Kier molecular flexibility index (Phi) is 5.45. The minimum atomic E-state index is -0.403. The first-order valence-electron chi connectivity index (χ1n) is 5.87. The Morgan fingerprint density at radius 3 is 2.67 bits per heavy atom. The summed E-state index contributed by atoms with van der Waals surface area (Å²) < 4.78 is 10.9. The van der Waals surface area contributed by atoms with Crippen LogP contribution in [0.5, 0.6) is 11.5 Å². The molecule has 0 spiro atoms. The molecule has 0 heterocycles. The number of benzene rings is 1. The van der Waals surface area contributed by atoms with Gasteiger partial charge in [0.05, 0.1) is 25.7 Å². The zero-order valence-corrected chi connectivity index (χ0v) is 10.7. The largest absolute Gasteiger partial charge is 0.490 e. The number of aliphatic hydroxyl groups excluding tert-OH is 1. The van der Waals surface area contributed by atoms with Crippen LogP contribution in [-0.2, 0) is 11.4 Å². The lowest BCUT2D eigenvalue weighted by atomic mass is 10.2. The maximum Gasteiger partial charge on any atom is 0.223 e. The van der Waals surface area contributed by atoms with Crippen LogP contribution in [0.1, 0.15) is 19.4 Å². The highest BCUT2D eigenvalue weighted by atomic mass is 16.5. The number of amides is 1. The Labute approximate surface area is 107 Å². The number of rotatable bonds is 7. The third-order valence-electron chi connectivity index (χ3n) is 2.47. The van der Waals surface area contributed by atoms with Gasteiger partial charge in [-0.3, -0.25) is 4.79 Å². The van der Waals surface area contributed by atoms with Gasteiger partial charge in [0.25, 0.3) is 0 Å². The van der Waals surface area contributed by atoms with Gasteiger partial charge in [0.1, 0.15) is 0 Å². The topological polar surface area (TPSA) is 81.8 Å². The van der Waals surface area contributed by atoms with Crippen molar-refractivity contribution >= 4 is 5.91 Å². The van der Waals surface area contributed by atoms with Gasteiger partial charge in [-0.15, -0.1) is 0 Å². The summed E-state index contributed by atoms with van der Waals surface area (Å²) in [7, 11) is 0. The van der Waals surface area contributed by atoms with Crippen molar-refractivity contribution in [3.63, 3.8) is 0 Å². The molecule has 1 aromatic rings. The molecule has 1 unspecified atom stereocenters. The number of hydrogen-bond acceptors (Lipinski definition) is 4. The zero-order valence-electron chi connectivity index (χ0n) is 10.7. The fraction of sp³-hybridized carbons (Fsp3) is 0.462. The van der Waals surface area contributed by atoms with E-state index >= 15 is 0 Å². The predicted octanol–water partition coefficient (Wildman–Crippen LogP) is 1.08. The van der Waals surface area contributed by atoms with Crippen molar-refractivity contribution in [2.75, 3.05) is 13.2 Å². The Morgan fingerprint density at radius 1 is 1.39 bits per heavy atom. The number of carbonyl (C=O) groups excluding carboxylic acids is 1. The molecule has 18 heavy (non-hydrogen) atoms. The average Bonchev–Trinajstić information content (AvgIpc) is 2.36. The van der Waals surface area contributed by atoms with E-state index < -0.39 is 5.91 Å². The first-order chi connectivity index (χ1) is 8.58. The van der Waals surface area contributed by atoms with Crippen molar-refractivity contribution in [1.29, 1.82) is 0 Å². The smallest absolute Gasteiger partial charge is 0.223 e. The summed E-state index contributed by atoms with van der Waals surface area (Å²) in [6.45, 7) is 4.20. The second-order valence-electron chi connectivity index (χ2n) is 3.99. The van der Waals surface area contributed by atoms with Gasteiger partial charge < -0.3 is 20.3 Å². The van der Waals surface area contributed by atoms with Crippen LogP contribution in [-0.4, -0.2) is 24.2 Å². The van der Waals surface area contributed by atoms with Crippen LogP contribution in [0.3, 0.4) is 0 Å². The summed E-state index contributed by atoms with van der Waals surface area (Å²) in [5.41, 5.74) is 5.90. The Hall–Kier alpha value is -1.75. The van der Waals surface area contributed by atoms with Gasteiger partial charge in [0.2, 0.25) is 5.91 Å². The summed E-state index contributed by atoms with van der Waals surface area (Å²) in [6, 6.07) is 5.17. The SMILES string of the molecule is CCOc1cc(CO)ccc1OCC(C)C(N)=O. The van der Waals surface area contributed by atoms with Gasteiger partial charge in [0.15, 0.2) is 11.5 Å². The number of carbonyl (C=O) groups is 1. The maximum absolute atomic E-state index is 10.9. The molecule has 0 aliphatic rings. The summed E-state index contributed by atoms with van der Waals surface area (Å²) in [6.07, 6.45) is 0. The predicted molar refractivity (Wildman–Crippen MR) is 67.4 cm³/mol. The van der Waals surface area contributed by atoms with Gasteiger partial charge in [-0.05, 0) is 24.6 Å². The third kappa shape index (κ3) is 3.92. The van der Waals surface area contributed by atoms with Crippen LogP contribution in [0, 0.1) is 5.92 Å². The Balaban J connectivity index is 2.77. The van der Waals surface area contributed by atoms with E-state index in [1.807, 2.05) is 6.92 Å². The molecule has 1 atom stereocenters. The number of aliphatic hydroxyl groups is 1. The van der Waals surface area contributed by atoms with Gasteiger partial charge >= 0.3 is 0 Å². The lowest BCUT2D eigenvalue weighted by molar-refractivity contribution is -0.122. The number of ether oxygens (including phenoxy) is 2. The highest BCUT2D eigenvalue weighted by Crippen LogP contribution is 2.28. The van der Waals surface area contributed by atoms with Crippen molar-refractivity contribution in [1.82, 2.24) is 0 Å². The molecule has 5 heteroatoms. The maximum atomic E-state index is 10.9. The molecule has 0 saturated carbocycles. The zero-order chi connectivity index (χ0) is 13.5. The van der Waals surface area contributed by atoms with Gasteiger partial charge in [0, 0.05) is 0 Å². The van der Waals surface area contributed by atoms with E-state index in [1.54, 1.807) is 25.1 Å². The molecule has 0 aromatic heterocycles. The van der Waals surface area contributed by atoms with Crippen LogP contribution in [0.25, 0.3) is 0 Å². The standard InChI is InChI=1S/C13H19NO4/c1-3-17-12-6-10(7-15)4-5-11(12)18-8-9(2)13(14)16/h4-6,9,15H,3,7-8H2,1-2H3,(H2,14,16). The summed E-state index contributed by atoms with van der Waals surface area (Å²) >= 11 is 0. The van der Waals surface area contributed by atoms with Crippen LogP contribution in [0.4, 0.5) is 0 Å². The normalized spacial score (nSPS) is 11.9. The molecule has 0 radical (unpaired) electrons. The van der Waals surface area contributed by atoms with Crippen LogP contribution < -0.4 is 15.2 Å². The van der Waals surface area contributed by atoms with Gasteiger partial charge in [-0.25, -0.2) is 0 Å². The first kappa shape index (κ1) is 14.3. The van der Waals surface area contributed by atoms with Crippen molar-refractivity contribution < 1.29 is 19.4 Å². The van der Waals surface area contributed by atoms with Crippen LogP contribution in [0.15, 0.2) is 18.2 Å². The van der Waals surface area contributed by atoms with Crippen molar-refractivity contribution in [3.8, 4) is 11.5 Å². The first-order valence-corrected chi connectivity index (χ1v) is 5.87. The van der Waals surface area contributed by atoms with E-state index in [0.29, 0.717) is 18.1 Å². The molecule has 0 saturated heterocycles. The van der Waals surface area contributed by atoms with Crippen molar-refractivity contribution in [2.24, 2.45) is 11.7 Å². The fourth-order valence-electron chi connectivity index (χ4n) is 1.34. The Morgan fingerprint density at radius 2 is 2.11 bits per heavy atom. The minimum Gasteiger partial charge on any atom is -0.490 e. The molecule has 0 fully saturated rings. The van der Waals surface area contributed by atoms with E-state index in [9.17, 15) is 4.79 Å². The molecule has 1 rings (SSSR count). The van der Waals surface area contributed by atoms with Crippen LogP contribution in [0.2, 0.25) is 0 Å². The molecule has 0 aliphatic heterocycles. The van der Waals surface area contributed by atoms with Gasteiger partial charge in [-0.2, -0.15) is 0 Å². The lowest BCUT2D eigenvalue weighted by Gasteiger charge is -2.14. The van der Waals surface area contributed by atoms with Crippen LogP contribution >= 0.6 is 0 Å². The van der Waals surface area contributed by atoms with E-state index in [2.05, 4.69) is 0 Å². The molecule has 5 nitrogen and oxygen atoms in total. The summed E-state index contributed by atoms with van der Waals surface area (Å²) in [4.78, 5) is 10.9. The van der Waals surface area contributed by atoms with E-state index in [4.69, 9.17) is 20.3 Å². The number of hydrogen-bond donors (Lipinski definition) is 2. The quantitative estimate of drug-likeness (QED) is 0.761. The number of primary amides is 1. The molecular weight excluding hydrogens is 234 g/mol. The van der Waals surface area contributed by atoms with E-state index in [0.717, 1.165) is 5.56 Å². The molecule has 0 bridgehead atoms. The highest BCUT2D eigenvalue weighted by molar-refractivity contribution is 5.76. The second kappa shape index (κ2) is 6.86. The Bertz CT molecular complexity index is 406. The third-order valence-corrected chi connectivity index (χ3v) is 2.47. The monoisotopic (exact) mass is 253 g/mol. The highest BCUT2D eigenvalue weighted by Gasteiger charge is 2.12. The van der Waals surface area contributed by atoms with Crippen molar-refractivity contribution in [2.45, 2.75) is 20.5 Å². The average molecular weight is 253 g/mol. The molecule has 3 N–H and O–H groups in total. The van der Waals surface area contributed by atoms with Gasteiger partial charge in [-0.1, -0.05) is 13.0 Å². The number of nitrogens with two attached hydrogens (primary N) is 1. The molecule has 0 aliphatic carbocycles. The molecule has 1 aromatic carbocycles. The van der Waals surface area contributed by atoms with E-state index in [1.165, 1.54) is 0 Å². The lowest BCUT2D eigenvalue weighted by Crippen LogP contribution is -2.25. The molecule has 1 amide bonds. The van der Waals surface area contributed by atoms with Crippen molar-refractivity contribution in [3.05, 3.63) is 23.8 Å². The summed E-state index contributed by atoms with van der Waals surface area (Å²) in [5.74, 6) is 0.333. The fourth-order valence-corrected chi connectivity index (χ4v) is 1.34. The molecular formula is C13H19NO4. The van der Waals surface area contributed by atoms with E-state index in [-0.39, 0.29) is 19.1 Å². The summed E-state index contributed by atoms with van der Waals surface area (Å²) in [5, 5.41) is 9.05.